The monoisotopic (exact) mass is 325 g/mol. The maximum absolute atomic E-state index is 12.2. The number of urea groups is 1. The minimum Gasteiger partial charge on any atom is -0.394 e. The molecule has 0 radical (unpaired) electrons. The molecule has 1 saturated carbocycles. The fourth-order valence-corrected chi connectivity index (χ4v) is 3.63. The average Bonchev–Trinajstić information content (AvgIpc) is 3.26. The highest BCUT2D eigenvalue weighted by molar-refractivity contribution is 5.79. The van der Waals surface area contributed by atoms with Gasteiger partial charge in [0.2, 0.25) is 5.91 Å². The summed E-state index contributed by atoms with van der Waals surface area (Å²) in [6.45, 7) is 1.40. The van der Waals surface area contributed by atoms with Gasteiger partial charge >= 0.3 is 6.03 Å². The van der Waals surface area contributed by atoms with E-state index in [2.05, 4.69) is 16.0 Å². The minimum absolute atomic E-state index is 0.0191. The first-order valence-electron chi connectivity index (χ1n) is 8.70. The van der Waals surface area contributed by atoms with Crippen molar-refractivity contribution in [3.8, 4) is 0 Å². The van der Waals surface area contributed by atoms with Crippen LogP contribution in [0.25, 0.3) is 0 Å². The van der Waals surface area contributed by atoms with Crippen LogP contribution in [-0.2, 0) is 9.53 Å². The number of nitrogens with one attached hydrogen (secondary N) is 3. The molecule has 2 unspecified atom stereocenters. The number of aliphatic hydroxyl groups excluding tert-OH is 1. The average molecular weight is 325 g/mol. The lowest BCUT2D eigenvalue weighted by molar-refractivity contribution is -0.124. The Morgan fingerprint density at radius 3 is 2.83 bits per heavy atom. The number of rotatable bonds is 6. The number of aliphatic hydroxyl groups is 1. The molecule has 130 valence electrons. The van der Waals surface area contributed by atoms with Crippen molar-refractivity contribution in [1.29, 1.82) is 0 Å². The summed E-state index contributed by atoms with van der Waals surface area (Å²) >= 11 is 0. The van der Waals surface area contributed by atoms with Crippen LogP contribution in [0.5, 0.6) is 0 Å². The van der Waals surface area contributed by atoms with Gasteiger partial charge in [-0.3, -0.25) is 4.79 Å². The van der Waals surface area contributed by atoms with Gasteiger partial charge in [-0.1, -0.05) is 0 Å². The molecule has 0 spiro atoms. The molecule has 7 nitrogen and oxygen atoms in total. The van der Waals surface area contributed by atoms with Crippen LogP contribution < -0.4 is 16.0 Å². The zero-order valence-corrected chi connectivity index (χ0v) is 13.4. The molecule has 4 atom stereocenters. The molecule has 0 aromatic carbocycles. The zero-order valence-electron chi connectivity index (χ0n) is 13.4. The standard InChI is InChI=1S/C16H27N3O4/c20-8-12(7-10-5-6-23-9-10)17-16(22)18-13-3-4-14(21)19-15(13)11-1-2-11/h10-13,15,20H,1-9H2,(H,19,21)(H2,17,18,22)/t10?,12?,13-,15+/m1/s1. The second-order valence-electron chi connectivity index (χ2n) is 7.04. The Morgan fingerprint density at radius 2 is 2.17 bits per heavy atom. The molecule has 2 heterocycles. The fourth-order valence-electron chi connectivity index (χ4n) is 3.63. The number of amides is 3. The predicted octanol–water partition coefficient (Wildman–Crippen LogP) is 0.130. The molecule has 3 fully saturated rings. The molecule has 0 bridgehead atoms. The molecule has 7 heteroatoms. The number of carbonyl (C=O) groups excluding carboxylic acids is 2. The van der Waals surface area contributed by atoms with E-state index in [0.717, 1.165) is 32.3 Å². The second kappa shape index (κ2) is 7.49. The second-order valence-corrected chi connectivity index (χ2v) is 7.04. The highest BCUT2D eigenvalue weighted by atomic mass is 16.5. The fraction of sp³-hybridized carbons (Fsp3) is 0.875. The molecule has 23 heavy (non-hydrogen) atoms. The molecule has 2 aliphatic heterocycles. The molecular weight excluding hydrogens is 298 g/mol. The lowest BCUT2D eigenvalue weighted by Crippen LogP contribution is -2.59. The smallest absolute Gasteiger partial charge is 0.315 e. The van der Waals surface area contributed by atoms with E-state index in [1.54, 1.807) is 0 Å². The quantitative estimate of drug-likeness (QED) is 0.558. The number of carbonyl (C=O) groups is 2. The summed E-state index contributed by atoms with van der Waals surface area (Å²) in [6, 6.07) is -0.471. The van der Waals surface area contributed by atoms with Gasteiger partial charge in [0.05, 0.1) is 24.7 Å². The summed E-state index contributed by atoms with van der Waals surface area (Å²) in [5, 5.41) is 18.4. The van der Waals surface area contributed by atoms with Crippen molar-refractivity contribution in [2.24, 2.45) is 11.8 Å². The Hall–Kier alpha value is -1.34. The maximum atomic E-state index is 12.2. The zero-order chi connectivity index (χ0) is 16.2. The Morgan fingerprint density at radius 1 is 1.35 bits per heavy atom. The Kier molecular flexibility index (Phi) is 5.38. The van der Waals surface area contributed by atoms with Crippen LogP contribution in [0.15, 0.2) is 0 Å². The molecule has 0 aromatic heterocycles. The first-order valence-corrected chi connectivity index (χ1v) is 8.70. The minimum atomic E-state index is -0.255. The van der Waals surface area contributed by atoms with Gasteiger partial charge in [0.1, 0.15) is 0 Å². The summed E-state index contributed by atoms with van der Waals surface area (Å²) in [4.78, 5) is 23.8. The SMILES string of the molecule is O=C1CC[C@@H](NC(=O)NC(CO)CC2CCOC2)[C@H](C2CC2)N1. The van der Waals surface area contributed by atoms with Crippen molar-refractivity contribution in [3.05, 3.63) is 0 Å². The van der Waals surface area contributed by atoms with Crippen LogP contribution in [0.2, 0.25) is 0 Å². The molecular formula is C16H27N3O4. The van der Waals surface area contributed by atoms with Gasteiger partial charge in [-0.15, -0.1) is 0 Å². The van der Waals surface area contributed by atoms with E-state index in [-0.39, 0.29) is 36.7 Å². The van der Waals surface area contributed by atoms with E-state index in [0.29, 0.717) is 31.3 Å². The predicted molar refractivity (Wildman–Crippen MR) is 83.8 cm³/mol. The van der Waals surface area contributed by atoms with Crippen molar-refractivity contribution in [2.45, 2.75) is 56.7 Å². The van der Waals surface area contributed by atoms with Gasteiger partial charge in [-0.05, 0) is 43.9 Å². The topological polar surface area (TPSA) is 99.7 Å². The van der Waals surface area contributed by atoms with E-state index < -0.39 is 0 Å². The summed E-state index contributed by atoms with van der Waals surface area (Å²) in [7, 11) is 0. The van der Waals surface area contributed by atoms with Crippen LogP contribution >= 0.6 is 0 Å². The van der Waals surface area contributed by atoms with Gasteiger partial charge in [0.25, 0.3) is 0 Å². The maximum Gasteiger partial charge on any atom is 0.315 e. The lowest BCUT2D eigenvalue weighted by Gasteiger charge is -2.33. The van der Waals surface area contributed by atoms with Crippen molar-refractivity contribution in [2.75, 3.05) is 19.8 Å². The number of ether oxygens (including phenoxy) is 1. The van der Waals surface area contributed by atoms with E-state index >= 15 is 0 Å². The van der Waals surface area contributed by atoms with Gasteiger partial charge in [0.15, 0.2) is 0 Å². The van der Waals surface area contributed by atoms with Crippen molar-refractivity contribution in [3.63, 3.8) is 0 Å². The Labute approximate surface area is 136 Å². The number of hydrogen-bond acceptors (Lipinski definition) is 4. The summed E-state index contributed by atoms with van der Waals surface area (Å²) in [5.41, 5.74) is 0. The van der Waals surface area contributed by atoms with E-state index in [1.165, 1.54) is 0 Å². The van der Waals surface area contributed by atoms with Crippen LogP contribution in [0.1, 0.15) is 38.5 Å². The van der Waals surface area contributed by atoms with Crippen LogP contribution in [0.3, 0.4) is 0 Å². The summed E-state index contributed by atoms with van der Waals surface area (Å²) in [6.07, 6.45) is 5.09. The van der Waals surface area contributed by atoms with Crippen LogP contribution in [0, 0.1) is 11.8 Å². The first kappa shape index (κ1) is 16.5. The number of hydrogen-bond donors (Lipinski definition) is 4. The van der Waals surface area contributed by atoms with Gasteiger partial charge in [0, 0.05) is 19.6 Å². The van der Waals surface area contributed by atoms with E-state index in [1.807, 2.05) is 0 Å². The van der Waals surface area contributed by atoms with Crippen molar-refractivity contribution in [1.82, 2.24) is 16.0 Å². The summed E-state index contributed by atoms with van der Waals surface area (Å²) < 4.78 is 5.34. The largest absolute Gasteiger partial charge is 0.394 e. The molecule has 3 aliphatic rings. The summed E-state index contributed by atoms with van der Waals surface area (Å²) in [5.74, 6) is 0.976. The van der Waals surface area contributed by atoms with Gasteiger partial charge in [-0.25, -0.2) is 4.79 Å². The Bertz CT molecular complexity index is 435. The molecule has 3 amide bonds. The lowest BCUT2D eigenvalue weighted by atomic mass is 9.94. The van der Waals surface area contributed by atoms with Gasteiger partial charge < -0.3 is 25.8 Å². The van der Waals surface area contributed by atoms with Crippen LogP contribution in [-0.4, -0.2) is 55.0 Å². The number of piperidine rings is 1. The molecule has 4 N–H and O–H groups in total. The van der Waals surface area contributed by atoms with Crippen LogP contribution in [0.4, 0.5) is 4.79 Å². The van der Waals surface area contributed by atoms with Crippen molar-refractivity contribution >= 4 is 11.9 Å². The molecule has 1 aliphatic carbocycles. The third-order valence-corrected chi connectivity index (χ3v) is 5.09. The van der Waals surface area contributed by atoms with Gasteiger partial charge in [-0.2, -0.15) is 0 Å². The highest BCUT2D eigenvalue weighted by Gasteiger charge is 2.40. The molecule has 3 rings (SSSR count). The normalized spacial score (nSPS) is 32.2. The third kappa shape index (κ3) is 4.57. The van der Waals surface area contributed by atoms with E-state index in [9.17, 15) is 14.7 Å². The van der Waals surface area contributed by atoms with E-state index in [4.69, 9.17) is 4.74 Å². The highest BCUT2D eigenvalue weighted by Crippen LogP contribution is 2.36. The Balaban J connectivity index is 1.47. The van der Waals surface area contributed by atoms with Crippen molar-refractivity contribution < 1.29 is 19.4 Å². The molecule has 0 aromatic rings. The third-order valence-electron chi connectivity index (χ3n) is 5.09. The first-order chi connectivity index (χ1) is 11.2. The molecule has 2 saturated heterocycles.